The van der Waals surface area contributed by atoms with Gasteiger partial charge >= 0.3 is 163 Å². The third kappa shape index (κ3) is 2.75. The Balaban J connectivity index is 0.00000144. The first-order valence-electron chi connectivity index (χ1n) is 7.10. The Morgan fingerprint density at radius 1 is 0.682 bits per heavy atom. The Bertz CT molecular complexity index is 704. The third-order valence-corrected chi connectivity index (χ3v) is 16.5. The molecule has 0 fully saturated rings. The molecule has 2 unspecified atom stereocenters. The molecule has 2 aliphatic rings. The van der Waals surface area contributed by atoms with Gasteiger partial charge in [0.25, 0.3) is 0 Å². The second kappa shape index (κ2) is 6.63. The fraction of sp³-hybridized carbons (Fsp3) is 0.111. The molecule has 0 amide bonds. The average Bonchev–Trinajstić information content (AvgIpc) is 3.12. The minimum atomic E-state index is -3.43. The molecule has 4 rings (SSSR count). The van der Waals surface area contributed by atoms with E-state index in [9.17, 15) is 0 Å². The van der Waals surface area contributed by atoms with Gasteiger partial charge in [-0.2, -0.15) is 0 Å². The summed E-state index contributed by atoms with van der Waals surface area (Å²) in [6.07, 6.45) is 8.77. The van der Waals surface area contributed by atoms with Crippen LogP contribution < -0.4 is 0 Å². The van der Waals surface area contributed by atoms with E-state index in [0.29, 0.717) is 0 Å². The van der Waals surface area contributed by atoms with E-state index in [0.717, 1.165) is 0 Å². The Morgan fingerprint density at radius 2 is 1.09 bits per heavy atom. The maximum absolute atomic E-state index is 7.08. The molecule has 0 bridgehead atoms. The van der Waals surface area contributed by atoms with Crippen LogP contribution in [0.3, 0.4) is 0 Å². The molecule has 2 aromatic carbocycles. The Labute approximate surface area is 161 Å². The van der Waals surface area contributed by atoms with E-state index in [1.807, 2.05) is 0 Å². The molecule has 0 aromatic heterocycles. The van der Waals surface area contributed by atoms with E-state index in [2.05, 4.69) is 72.8 Å². The van der Waals surface area contributed by atoms with E-state index in [1.54, 1.807) is 0 Å². The summed E-state index contributed by atoms with van der Waals surface area (Å²) in [5.74, 6) is 0. The van der Waals surface area contributed by atoms with Crippen molar-refractivity contribution in [3.05, 3.63) is 82.9 Å². The van der Waals surface area contributed by atoms with Crippen molar-refractivity contribution in [3.8, 4) is 0 Å². The van der Waals surface area contributed by atoms with Gasteiger partial charge in [0.05, 0.1) is 0 Å². The van der Waals surface area contributed by atoms with E-state index in [-0.39, 0.29) is 33.1 Å². The second-order valence-electron chi connectivity index (χ2n) is 5.61. The van der Waals surface area contributed by atoms with Gasteiger partial charge in [-0.1, -0.05) is 0 Å². The van der Waals surface area contributed by atoms with Gasteiger partial charge in [-0.05, 0) is 0 Å². The summed E-state index contributed by atoms with van der Waals surface area (Å²) in [4.78, 5) is 0. The zero-order chi connectivity index (χ0) is 14.4. The van der Waals surface area contributed by atoms with Crippen LogP contribution in [0, 0.1) is 0 Å². The molecular weight excluding hydrogens is 493 g/mol. The number of allylic oxidation sites excluding steroid dienone is 2. The van der Waals surface area contributed by atoms with Crippen molar-refractivity contribution in [2.45, 2.75) is 7.25 Å². The summed E-state index contributed by atoms with van der Waals surface area (Å²) in [5, 5.41) is 0. The Morgan fingerprint density at radius 3 is 1.55 bits per heavy atom. The zero-order valence-electron chi connectivity index (χ0n) is 11.3. The van der Waals surface area contributed by atoms with Gasteiger partial charge in [-0.15, -0.1) is 0 Å². The van der Waals surface area contributed by atoms with Gasteiger partial charge in [0.1, 0.15) is 0 Å². The fourth-order valence-electron chi connectivity index (χ4n) is 3.36. The van der Waals surface area contributed by atoms with Crippen molar-refractivity contribution in [2.24, 2.45) is 0 Å². The summed E-state index contributed by atoms with van der Waals surface area (Å²) >= 11 is -3.43. The van der Waals surface area contributed by atoms with Gasteiger partial charge in [0.2, 0.25) is 0 Å². The Kier molecular flexibility index (Phi) is 5.15. The number of hydrogen-bond acceptors (Lipinski definition) is 0. The summed E-state index contributed by atoms with van der Waals surface area (Å²) in [6.45, 7) is 0. The van der Waals surface area contributed by atoms with Crippen LogP contribution in [0.15, 0.2) is 60.7 Å². The molecule has 0 N–H and O–H groups in total. The predicted molar refractivity (Wildman–Crippen MR) is 98.1 cm³/mol. The molecule has 2 aromatic rings. The van der Waals surface area contributed by atoms with Crippen molar-refractivity contribution in [1.82, 2.24) is 0 Å². The molecule has 4 heteroatoms. The van der Waals surface area contributed by atoms with Crippen LogP contribution in [-0.4, -0.2) is 25.8 Å². The first kappa shape index (κ1) is 17.1. The van der Waals surface area contributed by atoms with Crippen LogP contribution >= 0.6 is 17.0 Å². The van der Waals surface area contributed by atoms with Gasteiger partial charge < -0.3 is 0 Å². The van der Waals surface area contributed by atoms with Crippen molar-refractivity contribution in [2.75, 3.05) is 0 Å². The normalized spacial score (nSPS) is 21.4. The molecule has 2 aliphatic carbocycles. The van der Waals surface area contributed by atoms with Crippen LogP contribution in [0.2, 0.25) is 0 Å². The van der Waals surface area contributed by atoms with Crippen molar-refractivity contribution in [3.63, 3.8) is 0 Å². The van der Waals surface area contributed by atoms with Gasteiger partial charge in [0, 0.05) is 0 Å². The third-order valence-electron chi connectivity index (χ3n) is 4.43. The first-order chi connectivity index (χ1) is 10.2. The summed E-state index contributed by atoms with van der Waals surface area (Å²) < 4.78 is 0.444. The molecule has 2 atom stereocenters. The quantitative estimate of drug-likeness (QED) is 0.545. The zero-order valence-corrected chi connectivity index (χ0v) is 15.3. The van der Waals surface area contributed by atoms with Crippen molar-refractivity contribution < 1.29 is 17.9 Å². The SMILES string of the molecule is [Cl][Zr]([Cl])([CH]1C=Cc2ccccc21)[CH]1C=Cc2ccccc21.[InH3]. The van der Waals surface area contributed by atoms with Gasteiger partial charge in [-0.3, -0.25) is 0 Å². The van der Waals surface area contributed by atoms with Crippen LogP contribution in [0.5, 0.6) is 0 Å². The summed E-state index contributed by atoms with van der Waals surface area (Å²) in [7, 11) is 14.2. The topological polar surface area (TPSA) is 0 Å². The van der Waals surface area contributed by atoms with Crippen molar-refractivity contribution >= 4 is 55.0 Å². The second-order valence-corrected chi connectivity index (χ2v) is 20.5. The van der Waals surface area contributed by atoms with Crippen LogP contribution in [0.1, 0.15) is 29.5 Å². The van der Waals surface area contributed by atoms with Crippen molar-refractivity contribution in [1.29, 1.82) is 0 Å². The van der Waals surface area contributed by atoms with E-state index in [1.165, 1.54) is 22.3 Å². The first-order valence-corrected chi connectivity index (χ1v) is 16.3. The van der Waals surface area contributed by atoms with E-state index in [4.69, 9.17) is 17.0 Å². The van der Waals surface area contributed by atoms with E-state index >= 15 is 0 Å². The molecule has 0 spiro atoms. The van der Waals surface area contributed by atoms with Crippen LogP contribution in [0.4, 0.5) is 0 Å². The van der Waals surface area contributed by atoms with E-state index < -0.39 is 17.9 Å². The molecule has 0 nitrogen and oxygen atoms in total. The number of hydrogen-bond donors (Lipinski definition) is 0. The number of halogens is 2. The minimum absolute atomic E-state index is 0. The monoisotopic (exact) mass is 508 g/mol. The standard InChI is InChI=1S/2C9H7.2ClH.In.Zr.3H/c2*1-2-5-9-7-3-6-8(9)4-1;;;;;;;/h2*1-7H;2*1H;;;;;/q;;;;;+2;;;/p-2. The number of benzene rings is 2. The molecule has 0 saturated heterocycles. The molecule has 22 heavy (non-hydrogen) atoms. The molecular formula is C18H17Cl2InZr. The molecule has 110 valence electrons. The van der Waals surface area contributed by atoms with Crippen LogP contribution in [-0.2, 0) is 17.9 Å². The summed E-state index contributed by atoms with van der Waals surface area (Å²) in [6, 6.07) is 16.9. The fourth-order valence-corrected chi connectivity index (χ4v) is 13.9. The number of rotatable bonds is 2. The number of fused-ring (bicyclic) bond motifs is 2. The molecule has 0 aliphatic heterocycles. The summed E-state index contributed by atoms with van der Waals surface area (Å²) in [5.41, 5.74) is 5.13. The van der Waals surface area contributed by atoms with Gasteiger partial charge in [-0.25, -0.2) is 0 Å². The molecule has 0 heterocycles. The Hall–Kier alpha value is 0.253. The average molecular weight is 510 g/mol. The predicted octanol–water partition coefficient (Wildman–Crippen LogP) is 4.80. The maximum atomic E-state index is 7.08. The molecule has 0 saturated carbocycles. The molecule has 0 radical (unpaired) electrons. The van der Waals surface area contributed by atoms with Gasteiger partial charge in [0.15, 0.2) is 0 Å². The van der Waals surface area contributed by atoms with Crippen LogP contribution in [0.25, 0.3) is 12.2 Å².